The standard InChI is InChI=1S/C23H23ClN4O5S/c1-4-28-19(9-14-5-7-17(24)8-6-14)26-27-23(28)34-13-20(29)25-18-11-15(21(30)32-2)10-16(12-18)22(31)33-3/h5-8,10-12H,4,9,13H2,1-3H3,(H,25,29). The van der Waals surface area contributed by atoms with Gasteiger partial charge in [-0.3, -0.25) is 4.79 Å². The number of hydrogen-bond donors (Lipinski definition) is 1. The number of amides is 1. The predicted octanol–water partition coefficient (Wildman–Crippen LogP) is 3.85. The molecule has 0 saturated carbocycles. The quantitative estimate of drug-likeness (QED) is 0.347. The van der Waals surface area contributed by atoms with Crippen LogP contribution in [0.1, 0.15) is 39.0 Å². The number of halogens is 1. The molecule has 2 aromatic carbocycles. The van der Waals surface area contributed by atoms with E-state index in [2.05, 4.69) is 15.5 Å². The van der Waals surface area contributed by atoms with Gasteiger partial charge in [0.25, 0.3) is 0 Å². The number of carbonyl (C=O) groups excluding carboxylic acids is 3. The lowest BCUT2D eigenvalue weighted by molar-refractivity contribution is -0.113. The minimum atomic E-state index is -0.639. The highest BCUT2D eigenvalue weighted by Crippen LogP contribution is 2.21. The third-order valence-corrected chi connectivity index (χ3v) is 6.00. The summed E-state index contributed by atoms with van der Waals surface area (Å²) in [6.07, 6.45) is 0.585. The Hall–Kier alpha value is -3.37. The maximum atomic E-state index is 12.6. The van der Waals surface area contributed by atoms with Crippen LogP contribution in [0.3, 0.4) is 0 Å². The highest BCUT2D eigenvalue weighted by molar-refractivity contribution is 7.99. The molecule has 1 N–H and O–H groups in total. The topological polar surface area (TPSA) is 112 Å². The van der Waals surface area contributed by atoms with Gasteiger partial charge < -0.3 is 19.4 Å². The van der Waals surface area contributed by atoms with Gasteiger partial charge in [0.05, 0.1) is 31.1 Å². The van der Waals surface area contributed by atoms with E-state index in [-0.39, 0.29) is 28.5 Å². The first-order valence-corrected chi connectivity index (χ1v) is 11.6. The molecule has 0 aliphatic rings. The molecule has 0 unspecified atom stereocenters. The van der Waals surface area contributed by atoms with Crippen molar-refractivity contribution in [3.8, 4) is 0 Å². The van der Waals surface area contributed by atoms with E-state index in [0.29, 0.717) is 23.1 Å². The van der Waals surface area contributed by atoms with Crippen LogP contribution >= 0.6 is 23.4 Å². The van der Waals surface area contributed by atoms with Gasteiger partial charge in [-0.25, -0.2) is 9.59 Å². The van der Waals surface area contributed by atoms with Crippen LogP contribution in [0.25, 0.3) is 0 Å². The molecule has 0 aliphatic heterocycles. The van der Waals surface area contributed by atoms with Crippen molar-refractivity contribution in [1.29, 1.82) is 0 Å². The van der Waals surface area contributed by atoms with Crippen molar-refractivity contribution >= 4 is 46.9 Å². The molecular weight excluding hydrogens is 480 g/mol. The van der Waals surface area contributed by atoms with Crippen molar-refractivity contribution in [2.75, 3.05) is 25.3 Å². The van der Waals surface area contributed by atoms with Gasteiger partial charge in [0.2, 0.25) is 5.91 Å². The molecule has 0 fully saturated rings. The van der Waals surface area contributed by atoms with Gasteiger partial charge in [0.1, 0.15) is 5.82 Å². The van der Waals surface area contributed by atoms with E-state index < -0.39 is 11.9 Å². The van der Waals surface area contributed by atoms with Crippen molar-refractivity contribution < 1.29 is 23.9 Å². The highest BCUT2D eigenvalue weighted by atomic mass is 35.5. The van der Waals surface area contributed by atoms with E-state index in [1.165, 1.54) is 44.2 Å². The van der Waals surface area contributed by atoms with Crippen molar-refractivity contribution in [3.63, 3.8) is 0 Å². The number of nitrogens with zero attached hydrogens (tertiary/aromatic N) is 3. The fraction of sp³-hybridized carbons (Fsp3) is 0.261. The van der Waals surface area contributed by atoms with Gasteiger partial charge >= 0.3 is 11.9 Å². The zero-order valence-electron chi connectivity index (χ0n) is 18.8. The summed E-state index contributed by atoms with van der Waals surface area (Å²) < 4.78 is 11.4. The fourth-order valence-electron chi connectivity index (χ4n) is 3.16. The van der Waals surface area contributed by atoms with Gasteiger partial charge in [0.15, 0.2) is 5.16 Å². The summed E-state index contributed by atoms with van der Waals surface area (Å²) in [5.74, 6) is -0.788. The number of thioether (sulfide) groups is 1. The third-order valence-electron chi connectivity index (χ3n) is 4.78. The lowest BCUT2D eigenvalue weighted by atomic mass is 10.1. The van der Waals surface area contributed by atoms with Crippen molar-refractivity contribution in [1.82, 2.24) is 14.8 Å². The molecule has 0 spiro atoms. The minimum Gasteiger partial charge on any atom is -0.465 e. The molecule has 0 aliphatic carbocycles. The molecule has 0 bridgehead atoms. The monoisotopic (exact) mass is 502 g/mol. The molecule has 1 heterocycles. The lowest BCUT2D eigenvalue weighted by Gasteiger charge is -2.10. The number of anilines is 1. The molecule has 9 nitrogen and oxygen atoms in total. The number of benzene rings is 2. The molecular formula is C23H23ClN4O5S. The van der Waals surface area contributed by atoms with Gasteiger partial charge in [0, 0.05) is 23.7 Å². The number of hydrogen-bond acceptors (Lipinski definition) is 8. The Morgan fingerprint density at radius 3 is 2.18 bits per heavy atom. The lowest BCUT2D eigenvalue weighted by Crippen LogP contribution is -2.16. The van der Waals surface area contributed by atoms with Crippen LogP contribution in [0.4, 0.5) is 5.69 Å². The summed E-state index contributed by atoms with van der Waals surface area (Å²) in [7, 11) is 2.46. The molecule has 0 saturated heterocycles. The Kier molecular flexibility index (Phi) is 8.67. The third kappa shape index (κ3) is 6.36. The number of nitrogens with one attached hydrogen (secondary N) is 1. The van der Waals surface area contributed by atoms with Crippen molar-refractivity contribution in [2.24, 2.45) is 0 Å². The molecule has 1 aromatic heterocycles. The Balaban J connectivity index is 1.69. The number of rotatable bonds is 9. The predicted molar refractivity (Wildman–Crippen MR) is 128 cm³/mol. The van der Waals surface area contributed by atoms with Crippen LogP contribution in [0.5, 0.6) is 0 Å². The molecule has 178 valence electrons. The maximum absolute atomic E-state index is 12.6. The van der Waals surface area contributed by atoms with E-state index in [1.807, 2.05) is 35.8 Å². The highest BCUT2D eigenvalue weighted by Gasteiger charge is 2.17. The molecule has 3 aromatic rings. The van der Waals surface area contributed by atoms with Crippen LogP contribution in [-0.4, -0.2) is 52.6 Å². The number of methoxy groups -OCH3 is 2. The fourth-order valence-corrected chi connectivity index (χ4v) is 4.10. The van der Waals surface area contributed by atoms with Gasteiger partial charge in [-0.1, -0.05) is 35.5 Å². The summed E-state index contributed by atoms with van der Waals surface area (Å²) in [6, 6.07) is 11.7. The van der Waals surface area contributed by atoms with Crippen LogP contribution in [-0.2, 0) is 27.2 Å². The van der Waals surface area contributed by atoms with E-state index in [0.717, 1.165) is 11.4 Å². The number of carbonyl (C=O) groups is 3. The Morgan fingerprint density at radius 1 is 1.00 bits per heavy atom. The molecule has 34 heavy (non-hydrogen) atoms. The second-order valence-electron chi connectivity index (χ2n) is 7.07. The summed E-state index contributed by atoms with van der Waals surface area (Å²) in [5.41, 5.74) is 1.55. The van der Waals surface area contributed by atoms with Crippen molar-refractivity contribution in [2.45, 2.75) is 25.0 Å². The van der Waals surface area contributed by atoms with E-state index >= 15 is 0 Å². The Bertz CT molecular complexity index is 1160. The van der Waals surface area contributed by atoms with E-state index in [9.17, 15) is 14.4 Å². The molecule has 3 rings (SSSR count). The number of esters is 2. The molecule has 0 radical (unpaired) electrons. The smallest absolute Gasteiger partial charge is 0.337 e. The summed E-state index contributed by atoms with van der Waals surface area (Å²) in [5, 5.41) is 12.5. The van der Waals surface area contributed by atoms with Crippen LogP contribution < -0.4 is 5.32 Å². The average molecular weight is 503 g/mol. The SMILES string of the molecule is CCn1c(Cc2ccc(Cl)cc2)nnc1SCC(=O)Nc1cc(C(=O)OC)cc(C(=O)OC)c1. The second-order valence-corrected chi connectivity index (χ2v) is 8.44. The van der Waals surface area contributed by atoms with Crippen molar-refractivity contribution in [3.05, 3.63) is 70.0 Å². The summed E-state index contributed by atoms with van der Waals surface area (Å²) >= 11 is 7.18. The Morgan fingerprint density at radius 2 is 1.62 bits per heavy atom. The number of aromatic nitrogens is 3. The zero-order valence-corrected chi connectivity index (χ0v) is 20.4. The number of ether oxygens (including phenoxy) is 2. The van der Waals surface area contributed by atoms with Crippen LogP contribution in [0.2, 0.25) is 5.02 Å². The molecule has 1 amide bonds. The molecule has 11 heteroatoms. The van der Waals surface area contributed by atoms with Crippen LogP contribution in [0, 0.1) is 0 Å². The zero-order chi connectivity index (χ0) is 24.7. The minimum absolute atomic E-state index is 0.0507. The summed E-state index contributed by atoms with van der Waals surface area (Å²) in [6.45, 7) is 2.62. The first kappa shape index (κ1) is 25.3. The largest absolute Gasteiger partial charge is 0.465 e. The maximum Gasteiger partial charge on any atom is 0.337 e. The van der Waals surface area contributed by atoms with Gasteiger partial charge in [-0.15, -0.1) is 10.2 Å². The first-order chi connectivity index (χ1) is 16.3. The van der Waals surface area contributed by atoms with Crippen LogP contribution in [0.15, 0.2) is 47.6 Å². The average Bonchev–Trinajstić information content (AvgIpc) is 3.24. The summed E-state index contributed by atoms with van der Waals surface area (Å²) in [4.78, 5) is 36.4. The first-order valence-electron chi connectivity index (χ1n) is 10.3. The molecule has 0 atom stereocenters. The Labute approximate surface area is 205 Å². The van der Waals surface area contributed by atoms with E-state index in [1.54, 1.807) is 0 Å². The van der Waals surface area contributed by atoms with Gasteiger partial charge in [-0.05, 0) is 42.8 Å². The second kappa shape index (κ2) is 11.7. The normalized spacial score (nSPS) is 10.6. The van der Waals surface area contributed by atoms with Gasteiger partial charge in [-0.2, -0.15) is 0 Å². The van der Waals surface area contributed by atoms with E-state index in [4.69, 9.17) is 21.1 Å².